The number of aromatic nitrogens is 1. The van der Waals surface area contributed by atoms with Crippen molar-refractivity contribution in [2.24, 2.45) is 17.8 Å². The molecule has 0 atom stereocenters. The maximum absolute atomic E-state index is 2.50. The van der Waals surface area contributed by atoms with Crippen molar-refractivity contribution in [3.8, 4) is 5.69 Å². The molecule has 4 fully saturated rings. The van der Waals surface area contributed by atoms with E-state index in [1.54, 1.807) is 5.56 Å². The van der Waals surface area contributed by atoms with Crippen LogP contribution >= 0.6 is 11.3 Å². The number of anilines is 3. The number of nitrogens with zero attached hydrogens (tertiary/aromatic N) is 2. The van der Waals surface area contributed by atoms with Crippen LogP contribution in [0.4, 0.5) is 17.1 Å². The van der Waals surface area contributed by atoms with Gasteiger partial charge in [0, 0.05) is 53.7 Å². The molecule has 0 radical (unpaired) electrons. The van der Waals surface area contributed by atoms with Gasteiger partial charge in [-0.1, -0.05) is 78.9 Å². The van der Waals surface area contributed by atoms with E-state index < -0.39 is 0 Å². The molecule has 4 saturated carbocycles. The van der Waals surface area contributed by atoms with Crippen LogP contribution in [0.3, 0.4) is 0 Å². The largest absolute Gasteiger partial charge is 0.310 e. The van der Waals surface area contributed by atoms with Gasteiger partial charge in [-0.3, -0.25) is 0 Å². The van der Waals surface area contributed by atoms with Gasteiger partial charge in [0.15, 0.2) is 0 Å². The van der Waals surface area contributed by atoms with E-state index in [1.165, 1.54) is 114 Å². The second-order valence-electron chi connectivity index (χ2n) is 16.4. The minimum absolute atomic E-state index is 0.383. The van der Waals surface area contributed by atoms with Crippen LogP contribution in [0.2, 0.25) is 0 Å². The van der Waals surface area contributed by atoms with Crippen LogP contribution in [-0.4, -0.2) is 4.57 Å². The van der Waals surface area contributed by atoms with Gasteiger partial charge >= 0.3 is 0 Å². The first-order chi connectivity index (χ1) is 26.2. The fourth-order valence-corrected chi connectivity index (χ4v) is 12.6. The Hall–Kier alpha value is -5.38. The fourth-order valence-electron chi connectivity index (χ4n) is 11.5. The van der Waals surface area contributed by atoms with E-state index in [0.29, 0.717) is 5.41 Å². The summed E-state index contributed by atoms with van der Waals surface area (Å²) in [7, 11) is 0. The van der Waals surface area contributed by atoms with Gasteiger partial charge in [0.1, 0.15) is 0 Å². The molecular weight excluding hydrogens is 661 g/mol. The Balaban J connectivity index is 1.06. The number of hydrogen-bond donors (Lipinski definition) is 0. The average molecular weight is 701 g/mol. The highest BCUT2D eigenvalue weighted by molar-refractivity contribution is 7.25. The molecule has 0 spiro atoms. The van der Waals surface area contributed by atoms with Crippen LogP contribution in [0.15, 0.2) is 152 Å². The summed E-state index contributed by atoms with van der Waals surface area (Å²) in [6.07, 6.45) is 8.60. The molecule has 2 aromatic heterocycles. The highest BCUT2D eigenvalue weighted by Crippen LogP contribution is 2.61. The van der Waals surface area contributed by atoms with Gasteiger partial charge < -0.3 is 9.47 Å². The van der Waals surface area contributed by atoms with Gasteiger partial charge in [0.05, 0.1) is 11.0 Å². The predicted molar refractivity (Wildman–Crippen MR) is 226 cm³/mol. The summed E-state index contributed by atoms with van der Waals surface area (Å²) in [6, 6.07) is 57.2. The molecule has 53 heavy (non-hydrogen) atoms. The van der Waals surface area contributed by atoms with Crippen molar-refractivity contribution in [3.63, 3.8) is 0 Å². The quantitative estimate of drug-likeness (QED) is 0.173. The van der Waals surface area contributed by atoms with Crippen molar-refractivity contribution in [1.29, 1.82) is 0 Å². The van der Waals surface area contributed by atoms with Crippen molar-refractivity contribution < 1.29 is 0 Å². The van der Waals surface area contributed by atoms with E-state index in [4.69, 9.17) is 0 Å². The normalized spacial score (nSPS) is 22.2. The minimum atomic E-state index is 0.383. The van der Waals surface area contributed by atoms with Crippen molar-refractivity contribution in [2.45, 2.75) is 43.9 Å². The fraction of sp³-hybridized carbons (Fsp3) is 0.200. The number of benzene rings is 7. The monoisotopic (exact) mass is 700 g/mol. The van der Waals surface area contributed by atoms with Gasteiger partial charge in [-0.25, -0.2) is 0 Å². The average Bonchev–Trinajstić information content (AvgIpc) is 3.74. The first-order valence-electron chi connectivity index (χ1n) is 19.5. The summed E-state index contributed by atoms with van der Waals surface area (Å²) < 4.78 is 5.10. The highest BCUT2D eigenvalue weighted by atomic mass is 32.1. The Kier molecular flexibility index (Phi) is 6.43. The predicted octanol–water partition coefficient (Wildman–Crippen LogP) is 14.2. The Morgan fingerprint density at radius 1 is 0.491 bits per heavy atom. The highest BCUT2D eigenvalue weighted by Gasteiger charge is 2.51. The van der Waals surface area contributed by atoms with Crippen molar-refractivity contribution >= 4 is 81.1 Å². The summed E-state index contributed by atoms with van der Waals surface area (Å²) >= 11 is 1.89. The first kappa shape index (κ1) is 30.1. The molecule has 7 aromatic carbocycles. The van der Waals surface area contributed by atoms with Gasteiger partial charge in [-0.05, 0) is 151 Å². The topological polar surface area (TPSA) is 8.17 Å². The number of thiophene rings is 1. The van der Waals surface area contributed by atoms with Gasteiger partial charge in [-0.15, -0.1) is 11.3 Å². The zero-order valence-corrected chi connectivity index (χ0v) is 30.5. The van der Waals surface area contributed by atoms with E-state index >= 15 is 0 Å². The molecule has 2 nitrogen and oxygen atoms in total. The molecule has 0 unspecified atom stereocenters. The van der Waals surface area contributed by atoms with E-state index in [9.17, 15) is 0 Å². The summed E-state index contributed by atoms with van der Waals surface area (Å²) in [6.45, 7) is 0. The summed E-state index contributed by atoms with van der Waals surface area (Å²) in [5.41, 5.74) is 9.21. The first-order valence-corrected chi connectivity index (χ1v) is 20.3. The Morgan fingerprint density at radius 3 is 1.87 bits per heavy atom. The third-order valence-corrected chi connectivity index (χ3v) is 14.5. The summed E-state index contributed by atoms with van der Waals surface area (Å²) in [5, 5.41) is 7.79. The summed E-state index contributed by atoms with van der Waals surface area (Å²) in [4.78, 5) is 2.50. The lowest BCUT2D eigenvalue weighted by Gasteiger charge is -2.57. The molecule has 4 aliphatic carbocycles. The van der Waals surface area contributed by atoms with Crippen LogP contribution in [0.1, 0.15) is 44.1 Å². The molecule has 256 valence electrons. The number of para-hydroxylation sites is 2. The van der Waals surface area contributed by atoms with Gasteiger partial charge in [-0.2, -0.15) is 0 Å². The zero-order chi connectivity index (χ0) is 34.7. The molecule has 9 aromatic rings. The number of hydrogen-bond acceptors (Lipinski definition) is 2. The standard InChI is InChI=1S/C50H40N2S/c1-2-8-37(9-3-1)52-45-12-6-4-11-42(45)49-43-27-39(18-14-35(43)15-22-46(49)52)51(40-21-23-48-44(28-40)41-10-5-7-13-47(41)53-48)38-19-16-36(17-20-38)50-29-32-24-33(30-50)26-34(25-32)31-50/h1-23,27-28,32-34H,24-26,29-31H2. The minimum Gasteiger partial charge on any atom is -0.310 e. The molecule has 4 aliphatic rings. The lowest BCUT2D eigenvalue weighted by molar-refractivity contribution is -0.00518. The van der Waals surface area contributed by atoms with Gasteiger partial charge in [0.25, 0.3) is 0 Å². The number of fused-ring (bicyclic) bond motifs is 8. The van der Waals surface area contributed by atoms with Crippen LogP contribution in [0, 0.1) is 17.8 Å². The van der Waals surface area contributed by atoms with Crippen LogP contribution in [0.5, 0.6) is 0 Å². The van der Waals surface area contributed by atoms with Crippen molar-refractivity contribution in [3.05, 3.63) is 157 Å². The van der Waals surface area contributed by atoms with Crippen LogP contribution in [-0.2, 0) is 5.41 Å². The molecule has 2 heterocycles. The summed E-state index contributed by atoms with van der Waals surface area (Å²) in [5.74, 6) is 2.81. The third kappa shape index (κ3) is 4.56. The lowest BCUT2D eigenvalue weighted by Crippen LogP contribution is -2.48. The molecule has 3 heteroatoms. The molecule has 0 N–H and O–H groups in total. The Bertz CT molecular complexity index is 2840. The number of rotatable bonds is 5. The Morgan fingerprint density at radius 2 is 1.09 bits per heavy atom. The zero-order valence-electron chi connectivity index (χ0n) is 29.7. The van der Waals surface area contributed by atoms with Crippen LogP contribution < -0.4 is 4.90 Å². The Labute approximate surface area is 313 Å². The molecular formula is C50H40N2S. The molecule has 4 bridgehead atoms. The maximum atomic E-state index is 2.50. The molecule has 0 amide bonds. The van der Waals surface area contributed by atoms with Crippen LogP contribution in [0.25, 0.3) is 58.4 Å². The van der Waals surface area contributed by atoms with E-state index in [1.807, 2.05) is 11.3 Å². The van der Waals surface area contributed by atoms with Gasteiger partial charge in [0.2, 0.25) is 0 Å². The lowest BCUT2D eigenvalue weighted by atomic mass is 9.48. The SMILES string of the molecule is c1ccc(-n2c3ccccc3c3c4cc(N(c5ccc(C67CC8CC(CC(C8)C6)C7)cc5)c5ccc6sc7ccccc7c6c5)ccc4ccc32)cc1. The second kappa shape index (κ2) is 11.3. The molecule has 0 saturated heterocycles. The van der Waals surface area contributed by atoms with Crippen molar-refractivity contribution in [1.82, 2.24) is 4.57 Å². The van der Waals surface area contributed by atoms with Crippen molar-refractivity contribution in [2.75, 3.05) is 4.90 Å². The smallest absolute Gasteiger partial charge is 0.0547 e. The van der Waals surface area contributed by atoms with E-state index in [2.05, 4.69) is 161 Å². The second-order valence-corrected chi connectivity index (χ2v) is 17.5. The molecule has 13 rings (SSSR count). The van der Waals surface area contributed by atoms with E-state index in [0.717, 1.165) is 17.8 Å². The van der Waals surface area contributed by atoms with E-state index in [-0.39, 0.29) is 0 Å². The third-order valence-electron chi connectivity index (χ3n) is 13.3. The maximum Gasteiger partial charge on any atom is 0.0547 e. The molecule has 0 aliphatic heterocycles.